The minimum absolute atomic E-state index is 0.0103. The van der Waals surface area contributed by atoms with Crippen LogP contribution in [0.25, 0.3) is 0 Å². The molecule has 0 fully saturated rings. The van der Waals surface area contributed by atoms with Crippen LogP contribution in [0, 0.1) is 0 Å². The van der Waals surface area contributed by atoms with Crippen molar-refractivity contribution in [2.24, 2.45) is 0 Å². The first-order valence-corrected chi connectivity index (χ1v) is 4.50. The van der Waals surface area contributed by atoms with Gasteiger partial charge in [0.1, 0.15) is 11.5 Å². The van der Waals surface area contributed by atoms with E-state index in [9.17, 15) is 18.0 Å². The predicted octanol–water partition coefficient (Wildman–Crippen LogP) is 1.90. The van der Waals surface area contributed by atoms with Crippen LogP contribution in [0.15, 0.2) is 12.3 Å². The molecule has 0 aliphatic heterocycles. The van der Waals surface area contributed by atoms with Crippen molar-refractivity contribution in [2.75, 3.05) is 0 Å². The van der Waals surface area contributed by atoms with E-state index in [0.717, 1.165) is 12.3 Å². The first-order chi connectivity index (χ1) is 7.39. The molecule has 0 saturated heterocycles. The number of aromatic nitrogens is 2. The minimum Gasteiger partial charge on any atom is -0.481 e. The number of aliphatic carboxylic acids is 1. The summed E-state index contributed by atoms with van der Waals surface area (Å²) in [5.41, 5.74) is -1.01. The molecule has 88 valence electrons. The fourth-order valence-corrected chi connectivity index (χ4v) is 1.08. The van der Waals surface area contributed by atoms with E-state index in [2.05, 4.69) is 9.97 Å². The van der Waals surface area contributed by atoms with Crippen LogP contribution in [-0.2, 0) is 17.4 Å². The molecule has 1 aromatic heterocycles. The minimum atomic E-state index is -4.50. The summed E-state index contributed by atoms with van der Waals surface area (Å²) in [6.45, 7) is 0. The van der Waals surface area contributed by atoms with Crippen LogP contribution in [-0.4, -0.2) is 21.0 Å². The molecule has 0 aliphatic rings. The van der Waals surface area contributed by atoms with Crippen molar-refractivity contribution in [3.63, 3.8) is 0 Å². The van der Waals surface area contributed by atoms with Gasteiger partial charge in [0.15, 0.2) is 0 Å². The van der Waals surface area contributed by atoms with Gasteiger partial charge in [-0.2, -0.15) is 13.2 Å². The van der Waals surface area contributed by atoms with E-state index in [4.69, 9.17) is 5.11 Å². The highest BCUT2D eigenvalue weighted by atomic mass is 19.4. The summed E-state index contributed by atoms with van der Waals surface area (Å²) < 4.78 is 36.7. The van der Waals surface area contributed by atoms with Crippen LogP contribution in [0.5, 0.6) is 0 Å². The zero-order valence-corrected chi connectivity index (χ0v) is 8.16. The fourth-order valence-electron chi connectivity index (χ4n) is 1.08. The molecular weight excluding hydrogens is 225 g/mol. The van der Waals surface area contributed by atoms with Crippen molar-refractivity contribution in [3.8, 4) is 0 Å². The number of alkyl halides is 3. The maximum absolute atomic E-state index is 12.2. The Hall–Kier alpha value is -1.66. The maximum atomic E-state index is 12.2. The summed E-state index contributed by atoms with van der Waals surface area (Å²) >= 11 is 0. The summed E-state index contributed by atoms with van der Waals surface area (Å²) in [7, 11) is 0. The molecule has 0 spiro atoms. The Bertz CT molecular complexity index is 379. The van der Waals surface area contributed by atoms with Gasteiger partial charge in [0.2, 0.25) is 0 Å². The van der Waals surface area contributed by atoms with Gasteiger partial charge < -0.3 is 5.11 Å². The number of carbonyl (C=O) groups is 1. The lowest BCUT2D eigenvalue weighted by Gasteiger charge is -2.06. The Balaban J connectivity index is 2.64. The third-order valence-electron chi connectivity index (χ3n) is 1.79. The standard InChI is InChI=1S/C9H9F3N2O2/c10-9(11,12)6-4-5-13-7(14-6)2-1-3-8(15)16/h4-5H,1-3H2,(H,15,16). The van der Waals surface area contributed by atoms with Crippen molar-refractivity contribution in [1.82, 2.24) is 9.97 Å². The average Bonchev–Trinajstić information content (AvgIpc) is 2.16. The smallest absolute Gasteiger partial charge is 0.433 e. The SMILES string of the molecule is O=C(O)CCCc1nccc(C(F)(F)F)n1. The lowest BCUT2D eigenvalue weighted by atomic mass is 10.2. The lowest BCUT2D eigenvalue weighted by molar-refractivity contribution is -0.141. The van der Waals surface area contributed by atoms with E-state index in [1.54, 1.807) is 0 Å². The summed E-state index contributed by atoms with van der Waals surface area (Å²) in [6, 6.07) is 0.778. The molecule has 0 aliphatic carbocycles. The summed E-state index contributed by atoms with van der Waals surface area (Å²) in [6.07, 6.45) is -3.25. The van der Waals surface area contributed by atoms with E-state index < -0.39 is 17.8 Å². The van der Waals surface area contributed by atoms with Gasteiger partial charge in [0.25, 0.3) is 0 Å². The number of rotatable bonds is 4. The number of carboxylic acid groups (broad SMARTS) is 1. The third kappa shape index (κ3) is 3.84. The molecule has 0 saturated carbocycles. The van der Waals surface area contributed by atoms with Crippen molar-refractivity contribution in [3.05, 3.63) is 23.8 Å². The molecule has 4 nitrogen and oxygen atoms in total. The van der Waals surface area contributed by atoms with E-state index in [0.29, 0.717) is 0 Å². The van der Waals surface area contributed by atoms with Gasteiger partial charge >= 0.3 is 12.1 Å². The van der Waals surface area contributed by atoms with Gasteiger partial charge in [-0.05, 0) is 12.5 Å². The van der Waals surface area contributed by atoms with E-state index in [-0.39, 0.29) is 25.1 Å². The number of halogens is 3. The molecule has 0 radical (unpaired) electrons. The van der Waals surface area contributed by atoms with Crippen LogP contribution in [0.3, 0.4) is 0 Å². The molecule has 0 bridgehead atoms. The van der Waals surface area contributed by atoms with Crippen molar-refractivity contribution in [1.29, 1.82) is 0 Å². The molecule has 0 atom stereocenters. The van der Waals surface area contributed by atoms with Gasteiger partial charge in [0, 0.05) is 19.0 Å². The van der Waals surface area contributed by atoms with Crippen LogP contribution < -0.4 is 0 Å². The van der Waals surface area contributed by atoms with Gasteiger partial charge in [0.05, 0.1) is 0 Å². The predicted molar refractivity (Wildman–Crippen MR) is 47.6 cm³/mol. The Morgan fingerprint density at radius 3 is 2.69 bits per heavy atom. The van der Waals surface area contributed by atoms with Gasteiger partial charge in [-0.1, -0.05) is 0 Å². The van der Waals surface area contributed by atoms with Crippen molar-refractivity contribution >= 4 is 5.97 Å². The number of hydrogen-bond donors (Lipinski definition) is 1. The summed E-state index contributed by atoms with van der Waals surface area (Å²) in [5, 5.41) is 8.35. The highest BCUT2D eigenvalue weighted by Gasteiger charge is 2.32. The van der Waals surface area contributed by atoms with Crippen LogP contribution in [0.2, 0.25) is 0 Å². The Morgan fingerprint density at radius 2 is 2.12 bits per heavy atom. The van der Waals surface area contributed by atoms with Gasteiger partial charge in [-0.3, -0.25) is 4.79 Å². The second-order valence-corrected chi connectivity index (χ2v) is 3.10. The monoisotopic (exact) mass is 234 g/mol. The van der Waals surface area contributed by atoms with Crippen LogP contribution in [0.4, 0.5) is 13.2 Å². The van der Waals surface area contributed by atoms with Crippen LogP contribution >= 0.6 is 0 Å². The Morgan fingerprint density at radius 1 is 1.44 bits per heavy atom. The largest absolute Gasteiger partial charge is 0.481 e. The number of nitrogens with zero attached hydrogens (tertiary/aromatic N) is 2. The van der Waals surface area contributed by atoms with Gasteiger partial charge in [-0.15, -0.1) is 0 Å². The molecule has 0 amide bonds. The van der Waals surface area contributed by atoms with Crippen molar-refractivity contribution < 1.29 is 23.1 Å². The molecule has 1 aromatic rings. The molecule has 1 rings (SSSR count). The number of hydrogen-bond acceptors (Lipinski definition) is 3. The topological polar surface area (TPSA) is 63.1 Å². The first kappa shape index (κ1) is 12.4. The highest BCUT2D eigenvalue weighted by Crippen LogP contribution is 2.26. The number of carboxylic acids is 1. The highest BCUT2D eigenvalue weighted by molar-refractivity contribution is 5.66. The average molecular weight is 234 g/mol. The molecule has 0 aromatic carbocycles. The fraction of sp³-hybridized carbons (Fsp3) is 0.444. The van der Waals surface area contributed by atoms with E-state index in [1.165, 1.54) is 0 Å². The quantitative estimate of drug-likeness (QED) is 0.864. The van der Waals surface area contributed by atoms with E-state index in [1.807, 2.05) is 0 Å². The molecule has 7 heteroatoms. The second kappa shape index (κ2) is 4.91. The summed E-state index contributed by atoms with van der Waals surface area (Å²) in [5.74, 6) is -0.983. The van der Waals surface area contributed by atoms with Gasteiger partial charge in [-0.25, -0.2) is 9.97 Å². The second-order valence-electron chi connectivity index (χ2n) is 3.10. The number of aryl methyl sites for hydroxylation is 1. The Kier molecular flexibility index (Phi) is 3.81. The van der Waals surface area contributed by atoms with E-state index >= 15 is 0 Å². The third-order valence-corrected chi connectivity index (χ3v) is 1.79. The molecule has 16 heavy (non-hydrogen) atoms. The lowest BCUT2D eigenvalue weighted by Crippen LogP contribution is -2.10. The zero-order chi connectivity index (χ0) is 12.2. The Labute approximate surface area is 89.1 Å². The van der Waals surface area contributed by atoms with Crippen molar-refractivity contribution in [2.45, 2.75) is 25.4 Å². The van der Waals surface area contributed by atoms with Crippen LogP contribution in [0.1, 0.15) is 24.4 Å². The molecular formula is C9H9F3N2O2. The molecule has 1 N–H and O–H groups in total. The zero-order valence-electron chi connectivity index (χ0n) is 8.16. The normalized spacial score (nSPS) is 11.4. The summed E-state index contributed by atoms with van der Waals surface area (Å²) in [4.78, 5) is 17.2. The molecule has 1 heterocycles. The molecule has 0 unspecified atom stereocenters. The maximum Gasteiger partial charge on any atom is 0.433 e. The first-order valence-electron chi connectivity index (χ1n) is 4.50.